The maximum atomic E-state index is 11.8. The van der Waals surface area contributed by atoms with E-state index < -0.39 is 0 Å². The number of carbonyl (C=O) groups excluding carboxylic acids is 1. The van der Waals surface area contributed by atoms with Gasteiger partial charge in [0.2, 0.25) is 5.91 Å². The Bertz CT molecular complexity index is 867. The first-order chi connectivity index (χ1) is 12.1. The van der Waals surface area contributed by atoms with Gasteiger partial charge in [0.1, 0.15) is 5.82 Å². The number of hydrogen-bond donors (Lipinski definition) is 1. The van der Waals surface area contributed by atoms with Crippen molar-refractivity contribution in [2.45, 2.75) is 19.9 Å². The molecule has 0 aliphatic heterocycles. The maximum Gasteiger partial charge on any atom is 0.246 e. The smallest absolute Gasteiger partial charge is 0.246 e. The largest absolute Gasteiger partial charge is 0.345 e. The topological polar surface area (TPSA) is 46.9 Å². The molecule has 0 aliphatic rings. The molecule has 1 amide bonds. The van der Waals surface area contributed by atoms with E-state index in [-0.39, 0.29) is 5.91 Å². The lowest BCUT2D eigenvalue weighted by atomic mass is 10.1. The van der Waals surface area contributed by atoms with E-state index in [1.54, 1.807) is 6.92 Å². The van der Waals surface area contributed by atoms with Crippen LogP contribution >= 0.6 is 0 Å². The van der Waals surface area contributed by atoms with Gasteiger partial charge in [-0.05, 0) is 24.6 Å². The van der Waals surface area contributed by atoms with Crippen molar-refractivity contribution in [2.24, 2.45) is 0 Å². The van der Waals surface area contributed by atoms with Crippen LogP contribution in [0.1, 0.15) is 24.0 Å². The monoisotopic (exact) mass is 331 g/mol. The molecule has 0 saturated heterocycles. The Kier molecular flexibility index (Phi) is 5.09. The molecule has 0 aliphatic carbocycles. The van der Waals surface area contributed by atoms with Crippen LogP contribution < -0.4 is 5.32 Å². The van der Waals surface area contributed by atoms with E-state index >= 15 is 0 Å². The summed E-state index contributed by atoms with van der Waals surface area (Å²) >= 11 is 0. The van der Waals surface area contributed by atoms with Crippen LogP contribution in [0.25, 0.3) is 5.69 Å². The lowest BCUT2D eigenvalue weighted by Gasteiger charge is -2.08. The zero-order chi connectivity index (χ0) is 17.6. The van der Waals surface area contributed by atoms with Crippen molar-refractivity contribution >= 4 is 5.91 Å². The Morgan fingerprint density at radius 2 is 1.72 bits per heavy atom. The minimum absolute atomic E-state index is 0.160. The molecular formula is C21H21N3O. The fourth-order valence-electron chi connectivity index (χ4n) is 2.61. The fourth-order valence-corrected chi connectivity index (χ4v) is 2.61. The van der Waals surface area contributed by atoms with Gasteiger partial charge in [0, 0.05) is 23.9 Å². The second kappa shape index (κ2) is 7.62. The molecule has 0 radical (unpaired) electrons. The first-order valence-corrected chi connectivity index (χ1v) is 8.23. The van der Waals surface area contributed by atoms with Crippen LogP contribution in [0.3, 0.4) is 0 Å². The maximum absolute atomic E-state index is 11.8. The molecule has 1 N–H and O–H groups in total. The van der Waals surface area contributed by atoms with Gasteiger partial charge >= 0.3 is 0 Å². The molecule has 0 saturated carbocycles. The van der Waals surface area contributed by atoms with Crippen LogP contribution in [0.2, 0.25) is 0 Å². The van der Waals surface area contributed by atoms with E-state index in [9.17, 15) is 4.79 Å². The second-order valence-corrected chi connectivity index (χ2v) is 5.98. The van der Waals surface area contributed by atoms with E-state index in [0.29, 0.717) is 12.1 Å². The summed E-state index contributed by atoms with van der Waals surface area (Å²) in [4.78, 5) is 16.5. The Labute approximate surface area is 147 Å². The van der Waals surface area contributed by atoms with Crippen molar-refractivity contribution < 1.29 is 4.79 Å². The predicted octanol–water partition coefficient (Wildman–Crippen LogP) is 3.66. The summed E-state index contributed by atoms with van der Waals surface area (Å²) in [6.45, 7) is 5.72. The zero-order valence-corrected chi connectivity index (χ0v) is 14.3. The van der Waals surface area contributed by atoms with Crippen LogP contribution in [-0.2, 0) is 17.8 Å². The van der Waals surface area contributed by atoms with Gasteiger partial charge in [-0.2, -0.15) is 0 Å². The van der Waals surface area contributed by atoms with Crippen molar-refractivity contribution in [1.82, 2.24) is 14.9 Å². The van der Waals surface area contributed by atoms with E-state index in [1.807, 2.05) is 59.3 Å². The number of hydrogen-bond acceptors (Lipinski definition) is 2. The van der Waals surface area contributed by atoms with Crippen molar-refractivity contribution in [3.05, 3.63) is 96.1 Å². The number of amides is 1. The summed E-state index contributed by atoms with van der Waals surface area (Å²) in [5, 5.41) is 2.86. The molecule has 2 aromatic carbocycles. The first kappa shape index (κ1) is 16.7. The zero-order valence-electron chi connectivity index (χ0n) is 14.3. The van der Waals surface area contributed by atoms with Crippen LogP contribution in [0, 0.1) is 0 Å². The Hall–Kier alpha value is -3.14. The van der Waals surface area contributed by atoms with Crippen LogP contribution in [0.4, 0.5) is 0 Å². The SMILES string of the molecule is C=C(C)C(=O)NCc1nc(Cc2ccccc2)cn1-c1ccccc1. The summed E-state index contributed by atoms with van der Waals surface area (Å²) in [6.07, 6.45) is 2.78. The minimum Gasteiger partial charge on any atom is -0.345 e. The first-order valence-electron chi connectivity index (χ1n) is 8.23. The number of nitrogens with one attached hydrogen (secondary N) is 1. The molecule has 0 fully saturated rings. The van der Waals surface area contributed by atoms with Crippen molar-refractivity contribution in [3.8, 4) is 5.69 Å². The summed E-state index contributed by atoms with van der Waals surface area (Å²) in [5.74, 6) is 0.638. The quantitative estimate of drug-likeness (QED) is 0.701. The third-order valence-corrected chi connectivity index (χ3v) is 3.89. The van der Waals surface area contributed by atoms with Gasteiger partial charge in [0.05, 0.1) is 12.2 Å². The van der Waals surface area contributed by atoms with Crippen LogP contribution in [0.5, 0.6) is 0 Å². The Morgan fingerprint density at radius 1 is 1.08 bits per heavy atom. The lowest BCUT2D eigenvalue weighted by molar-refractivity contribution is -0.117. The van der Waals surface area contributed by atoms with Gasteiger partial charge in [-0.1, -0.05) is 55.1 Å². The van der Waals surface area contributed by atoms with E-state index in [2.05, 4.69) is 24.0 Å². The number of imidazole rings is 1. The van der Waals surface area contributed by atoms with Gasteiger partial charge in [-0.25, -0.2) is 4.98 Å². The van der Waals surface area contributed by atoms with E-state index in [1.165, 1.54) is 5.56 Å². The van der Waals surface area contributed by atoms with Crippen molar-refractivity contribution in [3.63, 3.8) is 0 Å². The average molecular weight is 331 g/mol. The molecule has 0 atom stereocenters. The molecule has 3 aromatic rings. The molecule has 4 heteroatoms. The molecule has 0 unspecified atom stereocenters. The minimum atomic E-state index is -0.160. The average Bonchev–Trinajstić information content (AvgIpc) is 3.04. The number of para-hydroxylation sites is 1. The molecule has 0 spiro atoms. The highest BCUT2D eigenvalue weighted by Crippen LogP contribution is 2.15. The molecule has 126 valence electrons. The molecule has 0 bridgehead atoms. The molecule has 1 heterocycles. The van der Waals surface area contributed by atoms with Gasteiger partial charge in [-0.3, -0.25) is 4.79 Å². The van der Waals surface area contributed by atoms with Gasteiger partial charge in [0.15, 0.2) is 0 Å². The van der Waals surface area contributed by atoms with Gasteiger partial charge < -0.3 is 9.88 Å². The molecule has 3 rings (SSSR count). The van der Waals surface area contributed by atoms with Crippen LogP contribution in [0.15, 0.2) is 79.0 Å². The molecule has 1 aromatic heterocycles. The number of benzene rings is 2. The Balaban J connectivity index is 1.88. The number of nitrogens with zero attached hydrogens (tertiary/aromatic N) is 2. The van der Waals surface area contributed by atoms with Crippen molar-refractivity contribution in [2.75, 3.05) is 0 Å². The summed E-state index contributed by atoms with van der Waals surface area (Å²) in [6, 6.07) is 20.2. The summed E-state index contributed by atoms with van der Waals surface area (Å²) in [5.41, 5.74) is 3.68. The highest BCUT2D eigenvalue weighted by molar-refractivity contribution is 5.91. The third kappa shape index (κ3) is 4.23. The molecule has 4 nitrogen and oxygen atoms in total. The lowest BCUT2D eigenvalue weighted by Crippen LogP contribution is -2.24. The molecular weight excluding hydrogens is 310 g/mol. The normalized spacial score (nSPS) is 10.4. The van der Waals surface area contributed by atoms with Crippen LogP contribution in [-0.4, -0.2) is 15.5 Å². The Morgan fingerprint density at radius 3 is 2.36 bits per heavy atom. The highest BCUT2D eigenvalue weighted by atomic mass is 16.1. The van der Waals surface area contributed by atoms with E-state index in [4.69, 9.17) is 4.98 Å². The predicted molar refractivity (Wildman–Crippen MR) is 99.5 cm³/mol. The highest BCUT2D eigenvalue weighted by Gasteiger charge is 2.11. The van der Waals surface area contributed by atoms with E-state index in [0.717, 1.165) is 23.6 Å². The van der Waals surface area contributed by atoms with Gasteiger partial charge in [-0.15, -0.1) is 0 Å². The number of rotatable bonds is 6. The third-order valence-electron chi connectivity index (χ3n) is 3.89. The van der Waals surface area contributed by atoms with Crippen molar-refractivity contribution in [1.29, 1.82) is 0 Å². The second-order valence-electron chi connectivity index (χ2n) is 5.98. The number of aromatic nitrogens is 2. The van der Waals surface area contributed by atoms with Gasteiger partial charge in [0.25, 0.3) is 0 Å². The standard InChI is InChI=1S/C21H21N3O/c1-16(2)21(25)22-14-20-23-18(13-17-9-5-3-6-10-17)15-24(20)19-11-7-4-8-12-19/h3-12,15H,1,13-14H2,2H3,(H,22,25). The molecule has 25 heavy (non-hydrogen) atoms. The fraction of sp³-hybridized carbons (Fsp3) is 0.143. The number of carbonyl (C=O) groups is 1. The summed E-state index contributed by atoms with van der Waals surface area (Å²) in [7, 11) is 0. The summed E-state index contributed by atoms with van der Waals surface area (Å²) < 4.78 is 2.02.